The second kappa shape index (κ2) is 5.95. The Morgan fingerprint density at radius 3 is 2.55 bits per heavy atom. The van der Waals surface area contributed by atoms with Gasteiger partial charge in [-0.15, -0.1) is 0 Å². The molecule has 2 aliphatic rings. The highest BCUT2D eigenvalue weighted by Gasteiger charge is 2.46. The average Bonchev–Trinajstić information content (AvgIpc) is 3.30. The van der Waals surface area contributed by atoms with Crippen molar-refractivity contribution in [3.8, 4) is 0 Å². The van der Waals surface area contributed by atoms with Gasteiger partial charge in [0.05, 0.1) is 0 Å². The van der Waals surface area contributed by atoms with Crippen LogP contribution in [0.3, 0.4) is 0 Å². The van der Waals surface area contributed by atoms with Gasteiger partial charge < -0.3 is 10.6 Å². The summed E-state index contributed by atoms with van der Waals surface area (Å²) in [7, 11) is 0. The topological polar surface area (TPSA) is 46.3 Å². The monoisotopic (exact) mass is 308 g/mol. The van der Waals surface area contributed by atoms with Gasteiger partial charge in [-0.2, -0.15) is 0 Å². The lowest BCUT2D eigenvalue weighted by atomic mass is 9.91. The highest BCUT2D eigenvalue weighted by atomic mass is 19.2. The molecule has 5 heteroatoms. The molecule has 1 amide bonds. The minimum absolute atomic E-state index is 0.0359. The van der Waals surface area contributed by atoms with Crippen LogP contribution in [-0.4, -0.2) is 29.9 Å². The number of rotatable bonds is 3. The van der Waals surface area contributed by atoms with E-state index in [4.69, 9.17) is 5.73 Å². The van der Waals surface area contributed by atoms with Gasteiger partial charge in [-0.3, -0.25) is 4.79 Å². The third-order valence-corrected chi connectivity index (χ3v) is 5.07. The van der Waals surface area contributed by atoms with Crippen molar-refractivity contribution in [3.05, 3.63) is 35.4 Å². The van der Waals surface area contributed by atoms with Gasteiger partial charge in [0.15, 0.2) is 11.6 Å². The van der Waals surface area contributed by atoms with Crippen LogP contribution < -0.4 is 5.73 Å². The number of nitrogens with two attached hydrogens (primary N) is 1. The molecule has 1 heterocycles. The van der Waals surface area contributed by atoms with Crippen LogP contribution in [0.2, 0.25) is 0 Å². The standard InChI is InChI=1S/C17H22F2N2O/c1-10(20)11-4-6-21(7-5-11)17(22)14-9-13(14)12-2-3-15(18)16(19)8-12/h2-3,8,10-11,13-14H,4-7,9,20H2,1H3. The van der Waals surface area contributed by atoms with E-state index < -0.39 is 11.6 Å². The number of nitrogens with zero attached hydrogens (tertiary/aromatic N) is 1. The predicted octanol–water partition coefficient (Wildman–Crippen LogP) is 2.65. The van der Waals surface area contributed by atoms with E-state index in [1.54, 1.807) is 6.07 Å². The first kappa shape index (κ1) is 15.4. The normalized spacial score (nSPS) is 26.8. The minimum Gasteiger partial charge on any atom is -0.342 e. The third-order valence-electron chi connectivity index (χ3n) is 5.07. The van der Waals surface area contributed by atoms with Gasteiger partial charge in [0.1, 0.15) is 0 Å². The van der Waals surface area contributed by atoms with Crippen LogP contribution in [0.25, 0.3) is 0 Å². The molecule has 2 N–H and O–H groups in total. The molecule has 0 bridgehead atoms. The fourth-order valence-electron chi connectivity index (χ4n) is 3.46. The van der Waals surface area contributed by atoms with Gasteiger partial charge in [-0.1, -0.05) is 6.07 Å². The summed E-state index contributed by atoms with van der Waals surface area (Å²) in [5.74, 6) is -1.08. The number of carbonyl (C=O) groups is 1. The highest BCUT2D eigenvalue weighted by Crippen LogP contribution is 2.49. The number of hydrogen-bond donors (Lipinski definition) is 1. The van der Waals surface area contributed by atoms with Gasteiger partial charge in [0.2, 0.25) is 5.91 Å². The van der Waals surface area contributed by atoms with Gasteiger partial charge in [0, 0.05) is 25.0 Å². The molecule has 0 radical (unpaired) electrons. The van der Waals surface area contributed by atoms with Crippen LogP contribution in [0.1, 0.15) is 37.7 Å². The van der Waals surface area contributed by atoms with Crippen molar-refractivity contribution in [2.24, 2.45) is 17.6 Å². The first-order chi connectivity index (χ1) is 10.5. The molecule has 3 rings (SSSR count). The van der Waals surface area contributed by atoms with Crippen molar-refractivity contribution >= 4 is 5.91 Å². The Labute approximate surface area is 129 Å². The zero-order chi connectivity index (χ0) is 15.9. The quantitative estimate of drug-likeness (QED) is 0.933. The summed E-state index contributed by atoms with van der Waals surface area (Å²) in [6.45, 7) is 3.53. The maximum Gasteiger partial charge on any atom is 0.226 e. The smallest absolute Gasteiger partial charge is 0.226 e. The first-order valence-electron chi connectivity index (χ1n) is 7.96. The molecule has 3 nitrogen and oxygen atoms in total. The van der Waals surface area contributed by atoms with Crippen molar-refractivity contribution in [2.75, 3.05) is 13.1 Å². The van der Waals surface area contributed by atoms with Gasteiger partial charge in [-0.05, 0) is 55.7 Å². The molecule has 120 valence electrons. The summed E-state index contributed by atoms with van der Waals surface area (Å²) in [5, 5.41) is 0. The van der Waals surface area contributed by atoms with Crippen molar-refractivity contribution in [2.45, 2.75) is 38.1 Å². The second-order valence-electron chi connectivity index (χ2n) is 6.64. The third kappa shape index (κ3) is 3.00. The first-order valence-corrected chi connectivity index (χ1v) is 7.96. The summed E-state index contributed by atoms with van der Waals surface area (Å²) in [5.41, 5.74) is 6.64. The van der Waals surface area contributed by atoms with Crippen LogP contribution in [0.5, 0.6) is 0 Å². The number of likely N-dealkylation sites (tertiary alicyclic amines) is 1. The Morgan fingerprint density at radius 1 is 1.27 bits per heavy atom. The molecular weight excluding hydrogens is 286 g/mol. The van der Waals surface area contributed by atoms with Crippen molar-refractivity contribution in [1.29, 1.82) is 0 Å². The molecule has 1 saturated carbocycles. The molecule has 1 aliphatic heterocycles. The van der Waals surface area contributed by atoms with E-state index >= 15 is 0 Å². The van der Waals surface area contributed by atoms with Crippen molar-refractivity contribution < 1.29 is 13.6 Å². The number of hydrogen-bond acceptors (Lipinski definition) is 2. The lowest BCUT2D eigenvalue weighted by molar-refractivity contribution is -0.134. The van der Waals surface area contributed by atoms with Crippen molar-refractivity contribution in [3.63, 3.8) is 0 Å². The molecule has 1 aliphatic carbocycles. The van der Waals surface area contributed by atoms with E-state index in [1.807, 2.05) is 11.8 Å². The summed E-state index contributed by atoms with van der Waals surface area (Å²) < 4.78 is 26.3. The van der Waals surface area contributed by atoms with E-state index in [2.05, 4.69) is 0 Å². The average molecular weight is 308 g/mol. The molecule has 3 atom stereocenters. The zero-order valence-corrected chi connectivity index (χ0v) is 12.8. The van der Waals surface area contributed by atoms with E-state index in [-0.39, 0.29) is 23.8 Å². The molecule has 0 aromatic heterocycles. The highest BCUT2D eigenvalue weighted by molar-refractivity contribution is 5.83. The minimum atomic E-state index is -0.842. The SMILES string of the molecule is CC(N)C1CCN(C(=O)C2CC2c2ccc(F)c(F)c2)CC1. The summed E-state index contributed by atoms with van der Waals surface area (Å²) >= 11 is 0. The Bertz CT molecular complexity index is 568. The maximum absolute atomic E-state index is 13.3. The Kier molecular flexibility index (Phi) is 4.17. The van der Waals surface area contributed by atoms with E-state index in [0.29, 0.717) is 5.92 Å². The molecule has 2 fully saturated rings. The van der Waals surface area contributed by atoms with Gasteiger partial charge in [0.25, 0.3) is 0 Å². The fraction of sp³-hybridized carbons (Fsp3) is 0.588. The van der Waals surface area contributed by atoms with Crippen LogP contribution >= 0.6 is 0 Å². The predicted molar refractivity (Wildman–Crippen MR) is 80.2 cm³/mol. The van der Waals surface area contributed by atoms with Crippen LogP contribution in [0.15, 0.2) is 18.2 Å². The molecule has 0 spiro atoms. The maximum atomic E-state index is 13.3. The van der Waals surface area contributed by atoms with Crippen LogP contribution in [-0.2, 0) is 4.79 Å². The van der Waals surface area contributed by atoms with Crippen LogP contribution in [0, 0.1) is 23.5 Å². The summed E-state index contributed by atoms with van der Waals surface area (Å²) in [6.07, 6.45) is 2.63. The Balaban J connectivity index is 1.58. The lowest BCUT2D eigenvalue weighted by Gasteiger charge is -2.34. The lowest BCUT2D eigenvalue weighted by Crippen LogP contribution is -2.43. The Morgan fingerprint density at radius 2 is 1.95 bits per heavy atom. The van der Waals surface area contributed by atoms with E-state index in [1.165, 1.54) is 6.07 Å². The molecule has 22 heavy (non-hydrogen) atoms. The number of benzene rings is 1. The number of halogens is 2. The van der Waals surface area contributed by atoms with Crippen LogP contribution in [0.4, 0.5) is 8.78 Å². The number of carbonyl (C=O) groups excluding carboxylic acids is 1. The number of amides is 1. The Hall–Kier alpha value is -1.49. The summed E-state index contributed by atoms with van der Waals surface area (Å²) in [6, 6.07) is 4.11. The molecule has 1 aromatic rings. The molecular formula is C17H22F2N2O. The van der Waals surface area contributed by atoms with E-state index in [9.17, 15) is 13.6 Å². The summed E-state index contributed by atoms with van der Waals surface area (Å²) in [4.78, 5) is 14.4. The van der Waals surface area contributed by atoms with Gasteiger partial charge >= 0.3 is 0 Å². The molecule has 1 saturated heterocycles. The largest absolute Gasteiger partial charge is 0.342 e. The van der Waals surface area contributed by atoms with Gasteiger partial charge in [-0.25, -0.2) is 8.78 Å². The van der Waals surface area contributed by atoms with E-state index in [0.717, 1.165) is 44.0 Å². The van der Waals surface area contributed by atoms with Crippen molar-refractivity contribution in [1.82, 2.24) is 4.90 Å². The molecule has 1 aromatic carbocycles. The number of piperidine rings is 1. The zero-order valence-electron chi connectivity index (χ0n) is 12.8. The fourth-order valence-corrected chi connectivity index (χ4v) is 3.46. The molecule has 3 unspecified atom stereocenters. The second-order valence-corrected chi connectivity index (χ2v) is 6.64.